The van der Waals surface area contributed by atoms with Crippen molar-refractivity contribution in [3.05, 3.63) is 76.2 Å². The molecule has 0 bridgehead atoms. The molecule has 0 aliphatic carbocycles. The highest BCUT2D eigenvalue weighted by molar-refractivity contribution is 7.80. The van der Waals surface area contributed by atoms with Crippen molar-refractivity contribution in [1.82, 2.24) is 9.78 Å². The van der Waals surface area contributed by atoms with Gasteiger partial charge in [-0.1, -0.05) is 35.3 Å². The van der Waals surface area contributed by atoms with E-state index >= 15 is 0 Å². The molecule has 25 heavy (non-hydrogen) atoms. The van der Waals surface area contributed by atoms with Crippen LogP contribution < -0.4 is 10.6 Å². The highest BCUT2D eigenvalue weighted by atomic mass is 35.5. The van der Waals surface area contributed by atoms with Crippen LogP contribution in [0.3, 0.4) is 0 Å². The number of nitrogens with one attached hydrogen (secondary N) is 2. The van der Waals surface area contributed by atoms with E-state index in [1.807, 2.05) is 6.07 Å². The first-order valence-electron chi connectivity index (χ1n) is 7.30. The molecule has 0 saturated carbocycles. The van der Waals surface area contributed by atoms with Gasteiger partial charge in [0.05, 0.1) is 6.54 Å². The standard InChI is InChI=1S/C17H13Cl2FN4S/c18-12-5-4-11(15(19)8-12)10-24-7-6-16(23-24)22-17(25)21-14-3-1-2-13(20)9-14/h1-9H,10H2,(H2,21,22,23,25). The van der Waals surface area contributed by atoms with E-state index in [1.54, 1.807) is 41.2 Å². The lowest BCUT2D eigenvalue weighted by atomic mass is 10.2. The Morgan fingerprint density at radius 1 is 1.12 bits per heavy atom. The van der Waals surface area contributed by atoms with E-state index in [9.17, 15) is 4.39 Å². The van der Waals surface area contributed by atoms with Gasteiger partial charge in [0.2, 0.25) is 0 Å². The quantitative estimate of drug-likeness (QED) is 0.597. The number of nitrogens with zero attached hydrogens (tertiary/aromatic N) is 2. The molecule has 2 N–H and O–H groups in total. The molecule has 0 radical (unpaired) electrons. The van der Waals surface area contributed by atoms with Gasteiger partial charge >= 0.3 is 0 Å². The summed E-state index contributed by atoms with van der Waals surface area (Å²) in [4.78, 5) is 0. The second kappa shape index (κ2) is 7.82. The summed E-state index contributed by atoms with van der Waals surface area (Å²) in [5.41, 5.74) is 1.46. The van der Waals surface area contributed by atoms with Gasteiger partial charge in [-0.25, -0.2) is 4.39 Å². The van der Waals surface area contributed by atoms with Crippen LogP contribution in [-0.2, 0) is 6.54 Å². The van der Waals surface area contributed by atoms with Gasteiger partial charge in [-0.3, -0.25) is 4.68 Å². The van der Waals surface area contributed by atoms with E-state index in [-0.39, 0.29) is 5.82 Å². The number of halogens is 3. The van der Waals surface area contributed by atoms with Gasteiger partial charge in [-0.15, -0.1) is 0 Å². The molecule has 2 aromatic carbocycles. The minimum absolute atomic E-state index is 0.320. The second-order valence-corrected chi connectivity index (χ2v) is 6.48. The second-order valence-electron chi connectivity index (χ2n) is 5.22. The summed E-state index contributed by atoms with van der Waals surface area (Å²) in [6.07, 6.45) is 1.80. The molecule has 3 aromatic rings. The van der Waals surface area contributed by atoms with Crippen molar-refractivity contribution in [2.75, 3.05) is 10.6 Å². The molecule has 0 aliphatic rings. The van der Waals surface area contributed by atoms with Crippen LogP contribution >= 0.6 is 35.4 Å². The van der Waals surface area contributed by atoms with Crippen molar-refractivity contribution < 1.29 is 4.39 Å². The highest BCUT2D eigenvalue weighted by Crippen LogP contribution is 2.22. The zero-order valence-corrected chi connectivity index (χ0v) is 15.2. The van der Waals surface area contributed by atoms with Gasteiger partial charge in [0.1, 0.15) is 5.82 Å². The molecular formula is C17H13Cl2FN4S. The van der Waals surface area contributed by atoms with Crippen LogP contribution in [0.1, 0.15) is 5.56 Å². The number of benzene rings is 2. The van der Waals surface area contributed by atoms with Crippen LogP contribution in [-0.4, -0.2) is 14.9 Å². The number of anilines is 2. The van der Waals surface area contributed by atoms with Gasteiger partial charge in [0.25, 0.3) is 0 Å². The third kappa shape index (κ3) is 4.92. The van der Waals surface area contributed by atoms with E-state index in [0.717, 1.165) is 5.56 Å². The van der Waals surface area contributed by atoms with E-state index in [1.165, 1.54) is 12.1 Å². The van der Waals surface area contributed by atoms with Crippen molar-refractivity contribution >= 4 is 52.0 Å². The molecule has 0 spiro atoms. The topological polar surface area (TPSA) is 41.9 Å². The van der Waals surface area contributed by atoms with Crippen molar-refractivity contribution in [3.63, 3.8) is 0 Å². The summed E-state index contributed by atoms with van der Waals surface area (Å²) in [5, 5.41) is 11.7. The Labute approximate surface area is 159 Å². The molecule has 0 fully saturated rings. The first-order valence-corrected chi connectivity index (χ1v) is 8.47. The fourth-order valence-electron chi connectivity index (χ4n) is 2.19. The summed E-state index contributed by atoms with van der Waals surface area (Å²) < 4.78 is 14.9. The van der Waals surface area contributed by atoms with Gasteiger partial charge in [0.15, 0.2) is 10.9 Å². The zero-order chi connectivity index (χ0) is 17.8. The fraction of sp³-hybridized carbons (Fsp3) is 0.0588. The molecule has 4 nitrogen and oxygen atoms in total. The normalized spacial score (nSPS) is 10.5. The molecule has 0 unspecified atom stereocenters. The van der Waals surface area contributed by atoms with Gasteiger partial charge in [0, 0.05) is 28.0 Å². The van der Waals surface area contributed by atoms with Crippen molar-refractivity contribution in [2.45, 2.75) is 6.54 Å². The number of hydrogen-bond donors (Lipinski definition) is 2. The SMILES string of the molecule is Fc1cccc(NC(=S)Nc2ccn(Cc3ccc(Cl)cc3Cl)n2)c1. The van der Waals surface area contributed by atoms with Crippen molar-refractivity contribution in [2.24, 2.45) is 0 Å². The Balaban J connectivity index is 1.62. The number of hydrogen-bond acceptors (Lipinski definition) is 2. The summed E-state index contributed by atoms with van der Waals surface area (Å²) >= 11 is 17.3. The van der Waals surface area contributed by atoms with E-state index in [0.29, 0.717) is 33.2 Å². The molecule has 3 rings (SSSR count). The summed E-state index contributed by atoms with van der Waals surface area (Å²) in [6, 6.07) is 13.2. The largest absolute Gasteiger partial charge is 0.332 e. The predicted octanol–water partition coefficient (Wildman–Crippen LogP) is 5.19. The highest BCUT2D eigenvalue weighted by Gasteiger charge is 2.06. The molecule has 128 valence electrons. The van der Waals surface area contributed by atoms with Gasteiger partial charge in [-0.05, 0) is 48.1 Å². The van der Waals surface area contributed by atoms with Crippen LogP contribution in [0.4, 0.5) is 15.9 Å². The minimum Gasteiger partial charge on any atom is -0.332 e. The number of aromatic nitrogens is 2. The van der Waals surface area contributed by atoms with Crippen LogP contribution in [0, 0.1) is 5.82 Å². The first kappa shape index (κ1) is 17.7. The van der Waals surface area contributed by atoms with Crippen molar-refractivity contribution in [1.29, 1.82) is 0 Å². The average molecular weight is 395 g/mol. The van der Waals surface area contributed by atoms with Crippen LogP contribution in [0.5, 0.6) is 0 Å². The molecule has 0 saturated heterocycles. The maximum atomic E-state index is 13.2. The maximum Gasteiger partial charge on any atom is 0.176 e. The Bertz CT molecular complexity index is 913. The third-order valence-corrected chi connectivity index (χ3v) is 4.10. The molecule has 0 aliphatic heterocycles. The molecule has 0 atom stereocenters. The van der Waals surface area contributed by atoms with Crippen LogP contribution in [0.2, 0.25) is 10.0 Å². The van der Waals surface area contributed by atoms with E-state index < -0.39 is 0 Å². The summed E-state index contributed by atoms with van der Waals surface area (Å²) in [5.74, 6) is 0.232. The lowest BCUT2D eigenvalue weighted by molar-refractivity contribution is 0.628. The molecule has 8 heteroatoms. The molecule has 0 amide bonds. The van der Waals surface area contributed by atoms with Crippen LogP contribution in [0.25, 0.3) is 0 Å². The molecular weight excluding hydrogens is 382 g/mol. The van der Waals surface area contributed by atoms with Crippen molar-refractivity contribution in [3.8, 4) is 0 Å². The van der Waals surface area contributed by atoms with Crippen LogP contribution in [0.15, 0.2) is 54.7 Å². The van der Waals surface area contributed by atoms with Gasteiger partial charge < -0.3 is 10.6 Å². The Hall–Kier alpha value is -2.15. The Kier molecular flexibility index (Phi) is 5.53. The molecule has 1 aromatic heterocycles. The lowest BCUT2D eigenvalue weighted by Gasteiger charge is -2.08. The molecule has 1 heterocycles. The Morgan fingerprint density at radius 3 is 2.72 bits per heavy atom. The smallest absolute Gasteiger partial charge is 0.176 e. The number of rotatable bonds is 4. The average Bonchev–Trinajstić information content (AvgIpc) is 2.97. The Morgan fingerprint density at radius 2 is 1.96 bits per heavy atom. The summed E-state index contributed by atoms with van der Waals surface area (Å²) in [6.45, 7) is 0.502. The fourth-order valence-corrected chi connectivity index (χ4v) is 2.88. The van der Waals surface area contributed by atoms with E-state index in [2.05, 4.69) is 15.7 Å². The third-order valence-electron chi connectivity index (χ3n) is 3.31. The monoisotopic (exact) mass is 394 g/mol. The first-order chi connectivity index (χ1) is 12.0. The minimum atomic E-state index is -0.336. The van der Waals surface area contributed by atoms with E-state index in [4.69, 9.17) is 35.4 Å². The zero-order valence-electron chi connectivity index (χ0n) is 12.8. The maximum absolute atomic E-state index is 13.2. The summed E-state index contributed by atoms with van der Waals surface area (Å²) in [7, 11) is 0. The lowest BCUT2D eigenvalue weighted by Crippen LogP contribution is -2.19. The van der Waals surface area contributed by atoms with Gasteiger partial charge in [-0.2, -0.15) is 5.10 Å². The number of thiocarbonyl (C=S) groups is 1. The predicted molar refractivity (Wildman–Crippen MR) is 104 cm³/mol.